The predicted molar refractivity (Wildman–Crippen MR) is 174 cm³/mol. The standard InChI is InChI=1S/C39H47F3N2/c1-35(2,3)29-11-8-26(9-12-29)33-22-28(33)24-37(6,30-14-16-31(17-15-30)38(20-21-38)39(40,41)42)19-18-36(4,5)32-13-10-27-25-43-44(7)34(27)23-32/h8-17,23,25,28,33H,18-22,24H2,1-7H3. The minimum absolute atomic E-state index is 0.0697. The van der Waals surface area contributed by atoms with Gasteiger partial charge in [0.05, 0.1) is 17.1 Å². The van der Waals surface area contributed by atoms with E-state index in [-0.39, 0.29) is 29.1 Å². The number of benzene rings is 3. The van der Waals surface area contributed by atoms with E-state index < -0.39 is 11.6 Å². The van der Waals surface area contributed by atoms with Crippen molar-refractivity contribution in [3.63, 3.8) is 0 Å². The third kappa shape index (κ3) is 5.72. The molecule has 6 rings (SSSR count). The number of aromatic nitrogens is 2. The van der Waals surface area contributed by atoms with E-state index in [9.17, 15) is 13.2 Å². The number of fused-ring (bicyclic) bond motifs is 1. The Hall–Kier alpha value is -3.08. The molecule has 5 heteroatoms. The normalized spacial score (nSPS) is 21.3. The summed E-state index contributed by atoms with van der Waals surface area (Å²) in [6.07, 6.45) is 2.22. The van der Waals surface area contributed by atoms with Crippen LogP contribution in [-0.2, 0) is 28.7 Å². The molecule has 1 heterocycles. The summed E-state index contributed by atoms with van der Waals surface area (Å²) in [5.74, 6) is 1.11. The largest absolute Gasteiger partial charge is 0.398 e. The Labute approximate surface area is 261 Å². The zero-order valence-corrected chi connectivity index (χ0v) is 27.4. The summed E-state index contributed by atoms with van der Waals surface area (Å²) < 4.78 is 43.6. The maximum atomic E-state index is 13.9. The molecule has 0 radical (unpaired) electrons. The van der Waals surface area contributed by atoms with Crippen molar-refractivity contribution >= 4 is 10.9 Å². The molecule has 3 aromatic carbocycles. The number of rotatable bonds is 9. The number of nitrogens with zero attached hydrogens (tertiary/aromatic N) is 2. The van der Waals surface area contributed by atoms with E-state index in [0.717, 1.165) is 35.7 Å². The van der Waals surface area contributed by atoms with Crippen LogP contribution in [0.4, 0.5) is 13.2 Å². The number of halogens is 3. The summed E-state index contributed by atoms with van der Waals surface area (Å²) in [6, 6.07) is 23.4. The van der Waals surface area contributed by atoms with Crippen LogP contribution in [0.5, 0.6) is 0 Å². The van der Waals surface area contributed by atoms with E-state index in [0.29, 0.717) is 17.4 Å². The summed E-state index contributed by atoms with van der Waals surface area (Å²) in [4.78, 5) is 0. The van der Waals surface area contributed by atoms with Crippen molar-refractivity contribution in [2.24, 2.45) is 13.0 Å². The molecule has 0 aliphatic heterocycles. The first-order chi connectivity index (χ1) is 20.5. The Bertz CT molecular complexity index is 1630. The fourth-order valence-corrected chi connectivity index (χ4v) is 7.40. The maximum Gasteiger partial charge on any atom is 0.398 e. The molecule has 2 saturated carbocycles. The first-order valence-electron chi connectivity index (χ1n) is 16.2. The molecule has 2 aliphatic rings. The van der Waals surface area contributed by atoms with E-state index >= 15 is 0 Å². The molecular formula is C39H47F3N2. The van der Waals surface area contributed by atoms with Gasteiger partial charge in [0.2, 0.25) is 0 Å². The summed E-state index contributed by atoms with van der Waals surface area (Å²) in [6.45, 7) is 13.7. The lowest BCUT2D eigenvalue weighted by Crippen LogP contribution is -2.30. The van der Waals surface area contributed by atoms with Crippen LogP contribution < -0.4 is 0 Å². The molecule has 2 aliphatic carbocycles. The van der Waals surface area contributed by atoms with Gasteiger partial charge in [0.25, 0.3) is 0 Å². The Balaban J connectivity index is 1.25. The van der Waals surface area contributed by atoms with Gasteiger partial charge in [-0.2, -0.15) is 18.3 Å². The third-order valence-corrected chi connectivity index (χ3v) is 11.1. The monoisotopic (exact) mass is 600 g/mol. The smallest absolute Gasteiger partial charge is 0.268 e. The van der Waals surface area contributed by atoms with Crippen molar-refractivity contribution < 1.29 is 13.2 Å². The second-order valence-electron chi connectivity index (χ2n) is 15.8. The first-order valence-corrected chi connectivity index (χ1v) is 16.2. The quantitative estimate of drug-likeness (QED) is 0.187. The van der Waals surface area contributed by atoms with Crippen molar-refractivity contribution in [1.82, 2.24) is 9.78 Å². The number of aryl methyl sites for hydroxylation is 1. The van der Waals surface area contributed by atoms with Crippen molar-refractivity contribution in [3.05, 3.63) is 101 Å². The van der Waals surface area contributed by atoms with Gasteiger partial charge in [0.1, 0.15) is 0 Å². The van der Waals surface area contributed by atoms with Crippen LogP contribution in [0.1, 0.15) is 114 Å². The van der Waals surface area contributed by atoms with Crippen molar-refractivity contribution in [2.75, 3.05) is 0 Å². The second kappa shape index (κ2) is 10.5. The van der Waals surface area contributed by atoms with Crippen LogP contribution in [0.2, 0.25) is 0 Å². The molecule has 2 nitrogen and oxygen atoms in total. The van der Waals surface area contributed by atoms with Crippen LogP contribution in [0.3, 0.4) is 0 Å². The molecule has 4 aromatic rings. The molecule has 3 unspecified atom stereocenters. The molecule has 2 fully saturated rings. The molecule has 0 saturated heterocycles. The van der Waals surface area contributed by atoms with Crippen LogP contribution in [-0.4, -0.2) is 16.0 Å². The molecule has 44 heavy (non-hydrogen) atoms. The zero-order chi connectivity index (χ0) is 31.7. The lowest BCUT2D eigenvalue weighted by Gasteiger charge is -2.36. The highest BCUT2D eigenvalue weighted by molar-refractivity contribution is 5.79. The fourth-order valence-electron chi connectivity index (χ4n) is 7.40. The Morgan fingerprint density at radius 2 is 1.41 bits per heavy atom. The Morgan fingerprint density at radius 1 is 0.795 bits per heavy atom. The van der Waals surface area contributed by atoms with Gasteiger partial charge in [-0.15, -0.1) is 0 Å². The molecule has 0 bridgehead atoms. The number of hydrogen-bond donors (Lipinski definition) is 0. The van der Waals surface area contributed by atoms with Gasteiger partial charge in [-0.3, -0.25) is 4.68 Å². The highest BCUT2D eigenvalue weighted by Gasteiger charge is 2.64. The average Bonchev–Trinajstić information content (AvgIpc) is 3.89. The zero-order valence-electron chi connectivity index (χ0n) is 27.4. The predicted octanol–water partition coefficient (Wildman–Crippen LogP) is 10.7. The summed E-state index contributed by atoms with van der Waals surface area (Å²) in [5.41, 5.74) is 5.02. The van der Waals surface area contributed by atoms with Gasteiger partial charge in [0, 0.05) is 12.4 Å². The first kappa shape index (κ1) is 30.9. The molecule has 0 spiro atoms. The molecular weight excluding hydrogens is 553 g/mol. The van der Waals surface area contributed by atoms with E-state index in [1.807, 2.05) is 30.1 Å². The summed E-state index contributed by atoms with van der Waals surface area (Å²) in [5, 5.41) is 5.56. The van der Waals surface area contributed by atoms with Crippen LogP contribution in [0, 0.1) is 5.92 Å². The molecule has 0 N–H and O–H groups in total. The van der Waals surface area contributed by atoms with Gasteiger partial charge in [-0.25, -0.2) is 0 Å². The van der Waals surface area contributed by atoms with Gasteiger partial charge in [-0.05, 0) is 100 Å². The third-order valence-electron chi connectivity index (χ3n) is 11.1. The van der Waals surface area contributed by atoms with E-state index in [2.05, 4.69) is 89.1 Å². The number of hydrogen-bond acceptors (Lipinski definition) is 1. The van der Waals surface area contributed by atoms with Crippen LogP contribution in [0.25, 0.3) is 10.9 Å². The van der Waals surface area contributed by atoms with E-state index in [1.54, 1.807) is 12.1 Å². The van der Waals surface area contributed by atoms with Crippen LogP contribution >= 0.6 is 0 Å². The van der Waals surface area contributed by atoms with Crippen molar-refractivity contribution in [2.45, 2.75) is 114 Å². The van der Waals surface area contributed by atoms with Gasteiger partial charge in [0.15, 0.2) is 0 Å². The van der Waals surface area contributed by atoms with Gasteiger partial charge >= 0.3 is 6.18 Å². The second-order valence-corrected chi connectivity index (χ2v) is 15.8. The molecule has 3 atom stereocenters. The summed E-state index contributed by atoms with van der Waals surface area (Å²) in [7, 11) is 1.98. The minimum Gasteiger partial charge on any atom is -0.268 e. The Morgan fingerprint density at radius 3 is 2.00 bits per heavy atom. The van der Waals surface area contributed by atoms with Crippen molar-refractivity contribution in [3.8, 4) is 0 Å². The molecule has 1 aromatic heterocycles. The molecule has 234 valence electrons. The topological polar surface area (TPSA) is 17.8 Å². The van der Waals surface area contributed by atoms with Gasteiger partial charge < -0.3 is 0 Å². The SMILES string of the molecule is Cn1ncc2ccc(C(C)(C)CCC(C)(CC3CC3c3ccc(C(C)(C)C)cc3)c3ccc(C4(C(F)(F)F)CC4)cc3)cc21. The summed E-state index contributed by atoms with van der Waals surface area (Å²) >= 11 is 0. The number of alkyl halides is 3. The van der Waals surface area contributed by atoms with E-state index in [1.165, 1.54) is 23.1 Å². The minimum atomic E-state index is -4.19. The van der Waals surface area contributed by atoms with Crippen molar-refractivity contribution in [1.29, 1.82) is 0 Å². The van der Waals surface area contributed by atoms with Gasteiger partial charge in [-0.1, -0.05) is 102 Å². The fraction of sp³-hybridized carbons (Fsp3) is 0.513. The maximum absolute atomic E-state index is 13.9. The highest BCUT2D eigenvalue weighted by Crippen LogP contribution is 2.59. The lowest BCUT2D eigenvalue weighted by molar-refractivity contribution is -0.160. The van der Waals surface area contributed by atoms with E-state index in [4.69, 9.17) is 0 Å². The average molecular weight is 601 g/mol. The highest BCUT2D eigenvalue weighted by atomic mass is 19.4. The molecule has 0 amide bonds. The lowest BCUT2D eigenvalue weighted by atomic mass is 9.69. The van der Waals surface area contributed by atoms with Crippen LogP contribution in [0.15, 0.2) is 72.9 Å². The Kier molecular flexibility index (Phi) is 7.37.